The van der Waals surface area contributed by atoms with E-state index >= 15 is 0 Å². The lowest BCUT2D eigenvalue weighted by Crippen LogP contribution is -2.33. The number of nitrogens with zero attached hydrogens (tertiary/aromatic N) is 1. The largest absolute Gasteiger partial charge is 0.385 e. The maximum absolute atomic E-state index is 12.4. The van der Waals surface area contributed by atoms with E-state index in [2.05, 4.69) is 20.8 Å². The number of ketones is 1. The number of pyridine rings is 1. The Labute approximate surface area is 114 Å². The molecule has 4 nitrogen and oxygen atoms in total. The van der Waals surface area contributed by atoms with Crippen LogP contribution < -0.4 is 5.56 Å². The fourth-order valence-corrected chi connectivity index (χ4v) is 2.09. The third-order valence-electron chi connectivity index (χ3n) is 3.05. The first-order chi connectivity index (χ1) is 8.79. The standard InChI is InChI=1S/C15H23NO3/c1-11(17)12-7-8-13(15(2,3)4)16(14(12)18)9-6-10-19-5/h7-8H,6,9-10H2,1-5H3. The van der Waals surface area contributed by atoms with E-state index in [4.69, 9.17) is 4.74 Å². The number of Topliss-reactive ketones (excluding diaryl/α,β-unsaturated/α-hetero) is 1. The van der Waals surface area contributed by atoms with Crippen LogP contribution in [-0.2, 0) is 16.7 Å². The summed E-state index contributed by atoms with van der Waals surface area (Å²) in [5.74, 6) is -0.189. The van der Waals surface area contributed by atoms with Crippen molar-refractivity contribution in [1.29, 1.82) is 0 Å². The minimum absolute atomic E-state index is 0.137. The Hall–Kier alpha value is -1.42. The van der Waals surface area contributed by atoms with Crippen molar-refractivity contribution < 1.29 is 9.53 Å². The molecule has 1 rings (SSSR count). The SMILES string of the molecule is COCCCn1c(C(C)(C)C)ccc(C(C)=O)c1=O. The number of carbonyl (C=O) groups is 1. The van der Waals surface area contributed by atoms with Crippen LogP contribution in [0.25, 0.3) is 0 Å². The van der Waals surface area contributed by atoms with E-state index in [1.807, 2.05) is 6.07 Å². The number of rotatable bonds is 5. The predicted molar refractivity (Wildman–Crippen MR) is 75.9 cm³/mol. The van der Waals surface area contributed by atoms with Crippen molar-refractivity contribution in [2.45, 2.75) is 46.1 Å². The second-order valence-corrected chi connectivity index (χ2v) is 5.74. The van der Waals surface area contributed by atoms with Gasteiger partial charge in [0.15, 0.2) is 5.78 Å². The molecule has 0 radical (unpaired) electrons. The molecule has 4 heteroatoms. The fraction of sp³-hybridized carbons (Fsp3) is 0.600. The van der Waals surface area contributed by atoms with Crippen LogP contribution in [0.15, 0.2) is 16.9 Å². The van der Waals surface area contributed by atoms with Crippen LogP contribution in [0, 0.1) is 0 Å². The summed E-state index contributed by atoms with van der Waals surface area (Å²) in [6, 6.07) is 3.52. The van der Waals surface area contributed by atoms with Crippen LogP contribution in [-0.4, -0.2) is 24.1 Å². The van der Waals surface area contributed by atoms with Crippen molar-refractivity contribution in [2.75, 3.05) is 13.7 Å². The lowest BCUT2D eigenvalue weighted by atomic mass is 9.90. The first-order valence-electron chi connectivity index (χ1n) is 6.53. The van der Waals surface area contributed by atoms with Gasteiger partial charge >= 0.3 is 0 Å². The third-order valence-corrected chi connectivity index (χ3v) is 3.05. The topological polar surface area (TPSA) is 48.3 Å². The number of ether oxygens (including phenoxy) is 1. The Morgan fingerprint density at radius 1 is 1.32 bits per heavy atom. The molecule has 0 bridgehead atoms. The first kappa shape index (κ1) is 15.6. The molecule has 0 atom stereocenters. The molecular weight excluding hydrogens is 242 g/mol. The summed E-state index contributed by atoms with van der Waals surface area (Å²) in [5, 5.41) is 0. The molecule has 1 aromatic heterocycles. The Morgan fingerprint density at radius 2 is 1.95 bits per heavy atom. The van der Waals surface area contributed by atoms with Crippen molar-refractivity contribution >= 4 is 5.78 Å². The minimum Gasteiger partial charge on any atom is -0.385 e. The number of hydrogen-bond acceptors (Lipinski definition) is 3. The van der Waals surface area contributed by atoms with E-state index in [0.717, 1.165) is 12.1 Å². The van der Waals surface area contributed by atoms with Gasteiger partial charge in [0.25, 0.3) is 5.56 Å². The monoisotopic (exact) mass is 265 g/mol. The van der Waals surface area contributed by atoms with Gasteiger partial charge in [-0.2, -0.15) is 0 Å². The Balaban J connectivity index is 3.30. The maximum atomic E-state index is 12.4. The van der Waals surface area contributed by atoms with Gasteiger partial charge in [-0.1, -0.05) is 20.8 Å². The van der Waals surface area contributed by atoms with E-state index in [1.54, 1.807) is 17.7 Å². The molecule has 0 aromatic carbocycles. The molecule has 0 fully saturated rings. The smallest absolute Gasteiger partial charge is 0.261 e. The molecule has 1 aromatic rings. The fourth-order valence-electron chi connectivity index (χ4n) is 2.09. The van der Waals surface area contributed by atoms with Crippen molar-refractivity contribution in [2.24, 2.45) is 0 Å². The van der Waals surface area contributed by atoms with Crippen molar-refractivity contribution in [1.82, 2.24) is 4.57 Å². The average Bonchev–Trinajstić information content (AvgIpc) is 2.29. The van der Waals surface area contributed by atoms with Gasteiger partial charge in [0.1, 0.15) is 0 Å². The zero-order valence-corrected chi connectivity index (χ0v) is 12.4. The van der Waals surface area contributed by atoms with Crippen LogP contribution >= 0.6 is 0 Å². The zero-order valence-electron chi connectivity index (χ0n) is 12.4. The van der Waals surface area contributed by atoms with Crippen LogP contribution in [0.2, 0.25) is 0 Å². The highest BCUT2D eigenvalue weighted by molar-refractivity contribution is 5.93. The van der Waals surface area contributed by atoms with E-state index < -0.39 is 0 Å². The quantitative estimate of drug-likeness (QED) is 0.606. The molecule has 106 valence electrons. The van der Waals surface area contributed by atoms with E-state index in [1.165, 1.54) is 6.92 Å². The van der Waals surface area contributed by atoms with Crippen LogP contribution in [0.4, 0.5) is 0 Å². The molecule has 0 amide bonds. The summed E-state index contributed by atoms with van der Waals surface area (Å²) in [6.07, 6.45) is 0.751. The lowest BCUT2D eigenvalue weighted by molar-refractivity contribution is 0.101. The highest BCUT2D eigenvalue weighted by Crippen LogP contribution is 2.21. The van der Waals surface area contributed by atoms with Gasteiger partial charge in [-0.15, -0.1) is 0 Å². The molecule has 1 heterocycles. The van der Waals surface area contributed by atoms with Crippen LogP contribution in [0.3, 0.4) is 0 Å². The highest BCUT2D eigenvalue weighted by Gasteiger charge is 2.20. The van der Waals surface area contributed by atoms with Crippen molar-refractivity contribution in [3.8, 4) is 0 Å². The summed E-state index contributed by atoms with van der Waals surface area (Å²) < 4.78 is 6.73. The Morgan fingerprint density at radius 3 is 2.42 bits per heavy atom. The minimum atomic E-state index is -0.198. The summed E-state index contributed by atoms with van der Waals surface area (Å²) in [4.78, 5) is 23.8. The molecular formula is C15H23NO3. The number of aromatic nitrogens is 1. The molecule has 0 spiro atoms. The lowest BCUT2D eigenvalue weighted by Gasteiger charge is -2.24. The normalized spacial score (nSPS) is 11.6. The number of carbonyl (C=O) groups excluding carboxylic acids is 1. The van der Waals surface area contributed by atoms with Gasteiger partial charge in [0, 0.05) is 31.4 Å². The zero-order chi connectivity index (χ0) is 14.6. The number of methoxy groups -OCH3 is 1. The highest BCUT2D eigenvalue weighted by atomic mass is 16.5. The average molecular weight is 265 g/mol. The van der Waals surface area contributed by atoms with E-state index in [-0.39, 0.29) is 22.3 Å². The molecule has 0 aliphatic heterocycles. The molecule has 0 saturated heterocycles. The van der Waals surface area contributed by atoms with E-state index in [0.29, 0.717) is 13.2 Å². The second-order valence-electron chi connectivity index (χ2n) is 5.74. The summed E-state index contributed by atoms with van der Waals surface area (Å²) in [6.45, 7) is 8.76. The second kappa shape index (κ2) is 6.15. The van der Waals surface area contributed by atoms with Gasteiger partial charge in [-0.25, -0.2) is 0 Å². The van der Waals surface area contributed by atoms with Crippen molar-refractivity contribution in [3.05, 3.63) is 33.7 Å². The first-order valence-corrected chi connectivity index (χ1v) is 6.53. The van der Waals surface area contributed by atoms with Gasteiger partial charge in [0.2, 0.25) is 0 Å². The third kappa shape index (κ3) is 3.77. The Kier molecular flexibility index (Phi) is 5.06. The summed E-state index contributed by atoms with van der Waals surface area (Å²) in [7, 11) is 1.64. The van der Waals surface area contributed by atoms with Crippen molar-refractivity contribution in [3.63, 3.8) is 0 Å². The van der Waals surface area contributed by atoms with Gasteiger partial charge in [-0.3, -0.25) is 9.59 Å². The van der Waals surface area contributed by atoms with Gasteiger partial charge in [0.05, 0.1) is 5.56 Å². The molecule has 0 N–H and O–H groups in total. The van der Waals surface area contributed by atoms with Gasteiger partial charge < -0.3 is 9.30 Å². The molecule has 0 aliphatic rings. The summed E-state index contributed by atoms with van der Waals surface area (Å²) in [5.41, 5.74) is 0.863. The van der Waals surface area contributed by atoms with Gasteiger partial charge in [-0.05, 0) is 25.5 Å². The maximum Gasteiger partial charge on any atom is 0.261 e. The predicted octanol–water partition coefficient (Wildman–Crippen LogP) is 2.38. The molecule has 0 saturated carbocycles. The summed E-state index contributed by atoms with van der Waals surface area (Å²) >= 11 is 0. The van der Waals surface area contributed by atoms with E-state index in [9.17, 15) is 9.59 Å². The van der Waals surface area contributed by atoms with Crippen LogP contribution in [0.1, 0.15) is 50.2 Å². The number of hydrogen-bond donors (Lipinski definition) is 0. The molecule has 0 aliphatic carbocycles. The Bertz CT molecular complexity index is 509. The molecule has 19 heavy (non-hydrogen) atoms. The molecule has 0 unspecified atom stereocenters. The van der Waals surface area contributed by atoms with Crippen LogP contribution in [0.5, 0.6) is 0 Å².